The summed E-state index contributed by atoms with van der Waals surface area (Å²) in [6.07, 6.45) is 0.152. The summed E-state index contributed by atoms with van der Waals surface area (Å²) in [5.41, 5.74) is 0. The van der Waals surface area contributed by atoms with Gasteiger partial charge in [0.15, 0.2) is 0 Å². The van der Waals surface area contributed by atoms with Crippen LogP contribution in [-0.2, 0) is 14.8 Å². The summed E-state index contributed by atoms with van der Waals surface area (Å²) in [7, 11) is -3.94. The highest BCUT2D eigenvalue weighted by Crippen LogP contribution is 2.40. The predicted molar refractivity (Wildman–Crippen MR) is 51.7 cm³/mol. The van der Waals surface area contributed by atoms with Crippen molar-refractivity contribution in [3.8, 4) is 0 Å². The second-order valence-corrected chi connectivity index (χ2v) is 5.70. The second-order valence-electron chi connectivity index (χ2n) is 3.85. The lowest BCUT2D eigenvalue weighted by Crippen LogP contribution is -2.37. The number of sulfonamides is 1. The van der Waals surface area contributed by atoms with Gasteiger partial charge in [-0.15, -0.1) is 0 Å². The molecule has 0 saturated heterocycles. The molecule has 1 saturated carbocycles. The minimum absolute atomic E-state index is 0.154. The van der Waals surface area contributed by atoms with Crippen LogP contribution in [0.5, 0.6) is 0 Å². The van der Waals surface area contributed by atoms with Crippen LogP contribution >= 0.6 is 0 Å². The molecule has 1 rings (SSSR count). The van der Waals surface area contributed by atoms with Crippen LogP contribution in [0.25, 0.3) is 0 Å². The Bertz CT molecular complexity index is 368. The van der Waals surface area contributed by atoms with Crippen LogP contribution in [0, 0.1) is 5.92 Å². The van der Waals surface area contributed by atoms with Gasteiger partial charge in [0, 0.05) is 12.3 Å². The average molecular weight is 257 g/mol. The Morgan fingerprint density at radius 2 is 2.12 bits per heavy atom. The van der Waals surface area contributed by atoms with E-state index >= 15 is 0 Å². The molecular weight excluding hydrogens is 244 g/mol. The monoisotopic (exact) mass is 257 g/mol. The van der Waals surface area contributed by atoms with Gasteiger partial charge in [-0.25, -0.2) is 21.9 Å². The van der Waals surface area contributed by atoms with Crippen LogP contribution in [0.4, 0.5) is 8.78 Å². The van der Waals surface area contributed by atoms with Gasteiger partial charge in [0.2, 0.25) is 10.0 Å². The Kier molecular flexibility index (Phi) is 3.84. The molecule has 94 valence electrons. The van der Waals surface area contributed by atoms with Gasteiger partial charge in [0.1, 0.15) is 6.54 Å². The van der Waals surface area contributed by atoms with Gasteiger partial charge >= 0.3 is 5.97 Å². The number of halogens is 2. The highest BCUT2D eigenvalue weighted by Gasteiger charge is 2.45. The van der Waals surface area contributed by atoms with Gasteiger partial charge in [0.05, 0.1) is 5.75 Å². The number of carboxylic acid groups (broad SMARTS) is 1. The maximum Gasteiger partial charge on any atom is 0.318 e. The lowest BCUT2D eigenvalue weighted by molar-refractivity contribution is -0.135. The number of carboxylic acids is 1. The molecule has 0 aliphatic heterocycles. The number of aliphatic carboxylic acids is 1. The molecule has 0 bridgehead atoms. The van der Waals surface area contributed by atoms with Gasteiger partial charge in [-0.05, 0) is 12.8 Å². The predicted octanol–water partition coefficient (Wildman–Crippen LogP) is 0.426. The molecule has 0 heterocycles. The lowest BCUT2D eigenvalue weighted by Gasteiger charge is -2.18. The fourth-order valence-corrected chi connectivity index (χ4v) is 3.10. The highest BCUT2D eigenvalue weighted by molar-refractivity contribution is 7.89. The first-order valence-corrected chi connectivity index (χ1v) is 6.45. The summed E-state index contributed by atoms with van der Waals surface area (Å²) in [4.78, 5) is 10.1. The molecular formula is C8H13F2NO4S. The summed E-state index contributed by atoms with van der Waals surface area (Å²) in [6.45, 7) is -0.777. The molecule has 0 amide bonds. The Labute approximate surface area is 91.9 Å². The van der Waals surface area contributed by atoms with E-state index in [0.717, 1.165) is 0 Å². The summed E-state index contributed by atoms with van der Waals surface area (Å²) in [5, 5.41) is 8.27. The van der Waals surface area contributed by atoms with Crippen molar-refractivity contribution in [3.63, 3.8) is 0 Å². The van der Waals surface area contributed by atoms with E-state index in [1.54, 1.807) is 4.72 Å². The van der Waals surface area contributed by atoms with Gasteiger partial charge in [-0.1, -0.05) is 0 Å². The molecule has 1 unspecified atom stereocenters. The normalized spacial score (nSPS) is 24.5. The van der Waals surface area contributed by atoms with Crippen molar-refractivity contribution in [2.75, 3.05) is 12.3 Å². The number of alkyl halides is 2. The Hall–Kier alpha value is -0.760. The fourth-order valence-electron chi connectivity index (χ4n) is 1.70. The molecule has 1 fully saturated rings. The Morgan fingerprint density at radius 3 is 2.56 bits per heavy atom. The molecule has 8 heteroatoms. The van der Waals surface area contributed by atoms with E-state index in [0.29, 0.717) is 6.42 Å². The van der Waals surface area contributed by atoms with Crippen molar-refractivity contribution < 1.29 is 27.1 Å². The van der Waals surface area contributed by atoms with Crippen molar-refractivity contribution in [3.05, 3.63) is 0 Å². The first-order chi connectivity index (χ1) is 7.23. The number of carbonyl (C=O) groups is 1. The number of hydrogen-bond donors (Lipinski definition) is 2. The molecule has 0 radical (unpaired) electrons. The largest absolute Gasteiger partial charge is 0.480 e. The number of nitrogens with one attached hydrogen (secondary N) is 1. The molecule has 5 nitrogen and oxygen atoms in total. The van der Waals surface area contributed by atoms with Crippen LogP contribution in [0.3, 0.4) is 0 Å². The van der Waals surface area contributed by atoms with Crippen molar-refractivity contribution in [2.24, 2.45) is 5.92 Å². The fraction of sp³-hybridized carbons (Fsp3) is 0.875. The zero-order chi connectivity index (χ0) is 12.4. The topological polar surface area (TPSA) is 83.5 Å². The summed E-state index contributed by atoms with van der Waals surface area (Å²) in [6, 6.07) is 0. The molecule has 0 aromatic rings. The highest BCUT2D eigenvalue weighted by atomic mass is 32.2. The van der Waals surface area contributed by atoms with Crippen LogP contribution in [0.2, 0.25) is 0 Å². The average Bonchev–Trinajstić information content (AvgIpc) is 2.42. The van der Waals surface area contributed by atoms with E-state index in [4.69, 9.17) is 5.11 Å². The summed E-state index contributed by atoms with van der Waals surface area (Å²) in [5.74, 6) is -6.23. The standard InChI is InChI=1S/C8H13F2NO4S/c9-8(10)3-1-2-6(8)5-16(14,15)11-4-7(12)13/h6,11H,1-5H2,(H,12,13). The molecule has 0 spiro atoms. The lowest BCUT2D eigenvalue weighted by atomic mass is 10.1. The van der Waals surface area contributed by atoms with E-state index in [1.165, 1.54) is 0 Å². The molecule has 16 heavy (non-hydrogen) atoms. The first kappa shape index (κ1) is 13.3. The molecule has 1 aliphatic rings. The Morgan fingerprint density at radius 1 is 1.50 bits per heavy atom. The summed E-state index contributed by atoms with van der Waals surface area (Å²) >= 11 is 0. The SMILES string of the molecule is O=C(O)CNS(=O)(=O)CC1CCCC1(F)F. The quantitative estimate of drug-likeness (QED) is 0.748. The van der Waals surface area contributed by atoms with Gasteiger partial charge in [0.25, 0.3) is 5.92 Å². The van der Waals surface area contributed by atoms with Crippen LogP contribution < -0.4 is 4.72 Å². The first-order valence-electron chi connectivity index (χ1n) is 4.80. The second kappa shape index (κ2) is 4.62. The zero-order valence-electron chi connectivity index (χ0n) is 8.45. The van der Waals surface area contributed by atoms with Crippen LogP contribution in [0.1, 0.15) is 19.3 Å². The third-order valence-electron chi connectivity index (χ3n) is 2.52. The van der Waals surface area contributed by atoms with Gasteiger partial charge in [-0.2, -0.15) is 0 Å². The summed E-state index contributed by atoms with van der Waals surface area (Å²) < 4.78 is 50.6. The zero-order valence-corrected chi connectivity index (χ0v) is 9.27. The number of hydrogen-bond acceptors (Lipinski definition) is 3. The van der Waals surface area contributed by atoms with Crippen LogP contribution in [-0.4, -0.2) is 37.7 Å². The maximum atomic E-state index is 13.1. The molecule has 1 aliphatic carbocycles. The molecule has 2 N–H and O–H groups in total. The van der Waals surface area contributed by atoms with E-state index in [1.807, 2.05) is 0 Å². The van der Waals surface area contributed by atoms with Crippen molar-refractivity contribution in [2.45, 2.75) is 25.2 Å². The van der Waals surface area contributed by atoms with E-state index < -0.39 is 40.1 Å². The van der Waals surface area contributed by atoms with Crippen LogP contribution in [0.15, 0.2) is 0 Å². The molecule has 1 atom stereocenters. The van der Waals surface area contributed by atoms with E-state index in [9.17, 15) is 22.0 Å². The van der Waals surface area contributed by atoms with Gasteiger partial charge in [-0.3, -0.25) is 4.79 Å². The van der Waals surface area contributed by atoms with E-state index in [-0.39, 0.29) is 12.8 Å². The van der Waals surface area contributed by atoms with Crippen molar-refractivity contribution >= 4 is 16.0 Å². The molecule has 0 aromatic carbocycles. The van der Waals surface area contributed by atoms with Crippen molar-refractivity contribution in [1.82, 2.24) is 4.72 Å². The van der Waals surface area contributed by atoms with E-state index in [2.05, 4.69) is 0 Å². The third-order valence-corrected chi connectivity index (χ3v) is 3.95. The number of rotatable bonds is 5. The Balaban J connectivity index is 2.56. The minimum atomic E-state index is -3.94. The third kappa shape index (κ3) is 3.67. The molecule has 0 aromatic heterocycles. The van der Waals surface area contributed by atoms with Crippen molar-refractivity contribution in [1.29, 1.82) is 0 Å². The minimum Gasteiger partial charge on any atom is -0.480 e. The van der Waals surface area contributed by atoms with Gasteiger partial charge < -0.3 is 5.11 Å². The smallest absolute Gasteiger partial charge is 0.318 e. The maximum absolute atomic E-state index is 13.1.